The Bertz CT molecular complexity index is 341. The van der Waals surface area contributed by atoms with Gasteiger partial charge in [0.1, 0.15) is 0 Å². The molecule has 1 aliphatic heterocycles. The number of carbonyl (C=O) groups is 2. The molecule has 1 heterocycles. The Morgan fingerprint density at radius 1 is 1.43 bits per heavy atom. The van der Waals surface area contributed by atoms with Gasteiger partial charge in [-0.1, -0.05) is 13.8 Å². The summed E-state index contributed by atoms with van der Waals surface area (Å²) in [4.78, 5) is 24.5. The lowest BCUT2D eigenvalue weighted by molar-refractivity contribution is -0.138. The number of urea groups is 1. The number of carbonyl (C=O) groups excluding carboxylic acids is 1. The molecule has 0 spiro atoms. The van der Waals surface area contributed by atoms with Crippen LogP contribution in [0.1, 0.15) is 39.5 Å². The largest absolute Gasteiger partial charge is 0.481 e. The number of hydrogen-bond donors (Lipinski definition) is 2. The Labute approximate surface area is 126 Å². The number of aliphatic carboxylic acids is 1. The van der Waals surface area contributed by atoms with Gasteiger partial charge in [0.2, 0.25) is 0 Å². The first-order valence-electron chi connectivity index (χ1n) is 7.70. The molecule has 122 valence electrons. The van der Waals surface area contributed by atoms with Crippen molar-refractivity contribution in [2.45, 2.75) is 45.6 Å². The lowest BCUT2D eigenvalue weighted by Gasteiger charge is -2.23. The van der Waals surface area contributed by atoms with Crippen molar-refractivity contribution in [3.05, 3.63) is 0 Å². The topological polar surface area (TPSA) is 78.9 Å². The molecule has 2 atom stereocenters. The Hall–Kier alpha value is -1.30. The Morgan fingerprint density at radius 2 is 2.14 bits per heavy atom. The molecule has 0 aromatic carbocycles. The van der Waals surface area contributed by atoms with Crippen LogP contribution >= 0.6 is 0 Å². The maximum Gasteiger partial charge on any atom is 0.317 e. The van der Waals surface area contributed by atoms with Crippen LogP contribution in [0.2, 0.25) is 0 Å². The van der Waals surface area contributed by atoms with Crippen molar-refractivity contribution in [1.82, 2.24) is 10.2 Å². The third-order valence-corrected chi connectivity index (χ3v) is 3.66. The summed E-state index contributed by atoms with van der Waals surface area (Å²) in [6.07, 6.45) is 3.06. The molecule has 0 radical (unpaired) electrons. The molecule has 1 unspecified atom stereocenters. The van der Waals surface area contributed by atoms with Crippen LogP contribution in [-0.2, 0) is 9.53 Å². The van der Waals surface area contributed by atoms with Gasteiger partial charge in [0.05, 0.1) is 6.10 Å². The van der Waals surface area contributed by atoms with Gasteiger partial charge >= 0.3 is 12.0 Å². The van der Waals surface area contributed by atoms with Crippen molar-refractivity contribution in [3.8, 4) is 0 Å². The quantitative estimate of drug-likeness (QED) is 0.718. The Morgan fingerprint density at radius 3 is 2.67 bits per heavy atom. The number of carboxylic acids is 1. The molecule has 0 saturated carbocycles. The first-order valence-corrected chi connectivity index (χ1v) is 7.70. The lowest BCUT2D eigenvalue weighted by atomic mass is 9.94. The predicted molar refractivity (Wildman–Crippen MR) is 80.2 cm³/mol. The van der Waals surface area contributed by atoms with E-state index in [1.807, 2.05) is 0 Å². The summed E-state index contributed by atoms with van der Waals surface area (Å²) < 4.78 is 5.51. The highest BCUT2D eigenvalue weighted by molar-refractivity contribution is 5.74. The molecule has 1 rings (SSSR count). The second kappa shape index (κ2) is 8.87. The summed E-state index contributed by atoms with van der Waals surface area (Å²) in [5.74, 6) is -0.430. The maximum atomic E-state index is 12.0. The van der Waals surface area contributed by atoms with Crippen molar-refractivity contribution < 1.29 is 19.4 Å². The van der Waals surface area contributed by atoms with Crippen molar-refractivity contribution in [2.24, 2.45) is 11.8 Å². The molecule has 1 fully saturated rings. The molecule has 2 amide bonds. The smallest absolute Gasteiger partial charge is 0.317 e. The second-order valence-electron chi connectivity index (χ2n) is 6.30. The maximum absolute atomic E-state index is 12.0. The molecule has 6 heteroatoms. The van der Waals surface area contributed by atoms with Crippen LogP contribution in [0.25, 0.3) is 0 Å². The molecule has 1 saturated heterocycles. The van der Waals surface area contributed by atoms with Gasteiger partial charge in [0, 0.05) is 33.2 Å². The number of amides is 2. The van der Waals surface area contributed by atoms with E-state index in [0.29, 0.717) is 19.0 Å². The number of nitrogens with one attached hydrogen (secondary N) is 1. The summed E-state index contributed by atoms with van der Waals surface area (Å²) in [5.41, 5.74) is 0. The molecule has 0 aromatic heterocycles. The van der Waals surface area contributed by atoms with Crippen LogP contribution in [0.15, 0.2) is 0 Å². The van der Waals surface area contributed by atoms with Crippen LogP contribution < -0.4 is 5.32 Å². The standard InChI is InChI=1S/C15H28N2O4/c1-11(2)7-12(8-14(18)19)9-16-15(20)17(3)10-13-5-4-6-21-13/h11-13H,4-10H2,1-3H3,(H,16,20)(H,18,19)/t12-,13?/m0/s1. The highest BCUT2D eigenvalue weighted by Crippen LogP contribution is 2.15. The zero-order valence-corrected chi connectivity index (χ0v) is 13.3. The number of carboxylic acid groups (broad SMARTS) is 1. The molecule has 0 aliphatic carbocycles. The van der Waals surface area contributed by atoms with Gasteiger partial charge in [-0.05, 0) is 31.1 Å². The fourth-order valence-corrected chi connectivity index (χ4v) is 2.70. The number of rotatable bonds is 8. The zero-order valence-electron chi connectivity index (χ0n) is 13.3. The van der Waals surface area contributed by atoms with E-state index in [1.54, 1.807) is 11.9 Å². The Kier molecular flexibility index (Phi) is 7.50. The molecule has 0 bridgehead atoms. The average molecular weight is 300 g/mol. The molecular weight excluding hydrogens is 272 g/mol. The van der Waals surface area contributed by atoms with Gasteiger partial charge < -0.3 is 20.1 Å². The van der Waals surface area contributed by atoms with Gasteiger partial charge in [-0.15, -0.1) is 0 Å². The summed E-state index contributed by atoms with van der Waals surface area (Å²) in [5, 5.41) is 11.8. The number of likely N-dealkylation sites (N-methyl/N-ethyl adjacent to an activating group) is 1. The minimum absolute atomic E-state index is 0.0254. The first kappa shape index (κ1) is 17.8. The van der Waals surface area contributed by atoms with E-state index in [2.05, 4.69) is 19.2 Å². The summed E-state index contributed by atoms with van der Waals surface area (Å²) in [6.45, 7) is 5.87. The molecular formula is C15H28N2O4. The minimum Gasteiger partial charge on any atom is -0.481 e. The van der Waals surface area contributed by atoms with E-state index in [-0.39, 0.29) is 24.5 Å². The van der Waals surface area contributed by atoms with E-state index in [1.165, 1.54) is 0 Å². The second-order valence-corrected chi connectivity index (χ2v) is 6.30. The molecule has 6 nitrogen and oxygen atoms in total. The predicted octanol–water partition coefficient (Wildman–Crippen LogP) is 1.94. The van der Waals surface area contributed by atoms with E-state index < -0.39 is 5.97 Å². The minimum atomic E-state index is -0.817. The summed E-state index contributed by atoms with van der Waals surface area (Å²) >= 11 is 0. The molecule has 21 heavy (non-hydrogen) atoms. The van der Waals surface area contributed by atoms with Gasteiger partial charge in [0.15, 0.2) is 0 Å². The van der Waals surface area contributed by atoms with E-state index >= 15 is 0 Å². The fraction of sp³-hybridized carbons (Fsp3) is 0.867. The third kappa shape index (κ3) is 7.32. The van der Waals surface area contributed by atoms with E-state index in [9.17, 15) is 9.59 Å². The number of hydrogen-bond acceptors (Lipinski definition) is 3. The van der Waals surface area contributed by atoms with Gasteiger partial charge in [-0.3, -0.25) is 4.79 Å². The third-order valence-electron chi connectivity index (χ3n) is 3.66. The number of ether oxygens (including phenoxy) is 1. The van der Waals surface area contributed by atoms with Crippen molar-refractivity contribution in [2.75, 3.05) is 26.7 Å². The van der Waals surface area contributed by atoms with E-state index in [4.69, 9.17) is 9.84 Å². The highest BCUT2D eigenvalue weighted by atomic mass is 16.5. The summed E-state index contributed by atoms with van der Waals surface area (Å²) in [6, 6.07) is -0.162. The molecule has 2 N–H and O–H groups in total. The normalized spacial score (nSPS) is 19.5. The average Bonchev–Trinajstić information content (AvgIpc) is 2.86. The highest BCUT2D eigenvalue weighted by Gasteiger charge is 2.21. The van der Waals surface area contributed by atoms with Crippen molar-refractivity contribution in [3.63, 3.8) is 0 Å². The van der Waals surface area contributed by atoms with Gasteiger partial charge in [-0.2, -0.15) is 0 Å². The fourth-order valence-electron chi connectivity index (χ4n) is 2.70. The van der Waals surface area contributed by atoms with Gasteiger partial charge in [0.25, 0.3) is 0 Å². The van der Waals surface area contributed by atoms with Crippen LogP contribution in [0.3, 0.4) is 0 Å². The first-order chi connectivity index (χ1) is 9.88. The van der Waals surface area contributed by atoms with E-state index in [0.717, 1.165) is 25.9 Å². The van der Waals surface area contributed by atoms with Crippen molar-refractivity contribution >= 4 is 12.0 Å². The van der Waals surface area contributed by atoms with Gasteiger partial charge in [-0.25, -0.2) is 4.79 Å². The lowest BCUT2D eigenvalue weighted by Crippen LogP contribution is -2.43. The summed E-state index contributed by atoms with van der Waals surface area (Å²) in [7, 11) is 1.74. The van der Waals surface area contributed by atoms with Crippen LogP contribution in [0.5, 0.6) is 0 Å². The SMILES string of the molecule is CC(C)C[C@H](CNC(=O)N(C)CC1CCCO1)CC(=O)O. The zero-order chi connectivity index (χ0) is 15.8. The number of nitrogens with zero attached hydrogens (tertiary/aromatic N) is 1. The van der Waals surface area contributed by atoms with Crippen LogP contribution in [0, 0.1) is 11.8 Å². The van der Waals surface area contributed by atoms with Crippen molar-refractivity contribution in [1.29, 1.82) is 0 Å². The van der Waals surface area contributed by atoms with Crippen LogP contribution in [0.4, 0.5) is 4.79 Å². The Balaban J connectivity index is 2.34. The molecule has 1 aliphatic rings. The monoisotopic (exact) mass is 300 g/mol. The van der Waals surface area contributed by atoms with Crippen LogP contribution in [-0.4, -0.2) is 54.9 Å². The molecule has 0 aromatic rings.